The minimum absolute atomic E-state index is 0.115. The summed E-state index contributed by atoms with van der Waals surface area (Å²) in [5.41, 5.74) is 0.951. The summed E-state index contributed by atoms with van der Waals surface area (Å²) in [5, 5.41) is 2.90. The van der Waals surface area contributed by atoms with Gasteiger partial charge in [0.05, 0.1) is 19.5 Å². The Morgan fingerprint density at radius 3 is 2.33 bits per heavy atom. The van der Waals surface area contributed by atoms with Gasteiger partial charge in [-0.1, -0.05) is 65.1 Å². The Bertz CT molecular complexity index is 456. The van der Waals surface area contributed by atoms with Crippen LogP contribution in [0.5, 0.6) is 0 Å². The van der Waals surface area contributed by atoms with E-state index in [9.17, 15) is 4.79 Å². The fraction of sp³-hybridized carbons (Fsp3) is 0.533. The Labute approximate surface area is 140 Å². The van der Waals surface area contributed by atoms with Crippen molar-refractivity contribution in [2.24, 2.45) is 0 Å². The van der Waals surface area contributed by atoms with Crippen LogP contribution in [-0.2, 0) is 11.2 Å². The largest absolute Gasteiger partial charge is 0.312 e. The number of piperidine rings is 1. The summed E-state index contributed by atoms with van der Waals surface area (Å²) in [6, 6.07) is 9.56. The molecule has 1 heterocycles. The zero-order valence-corrected chi connectivity index (χ0v) is 14.0. The maximum absolute atomic E-state index is 12.2. The van der Waals surface area contributed by atoms with Crippen LogP contribution < -0.4 is 10.2 Å². The SMILES string of the molecule is O=C(Cc1ccccc1)N[C@@H]([NH+]1CCCCC1)C(Cl)(Cl)Cl. The molecule has 1 fully saturated rings. The van der Waals surface area contributed by atoms with Crippen molar-refractivity contribution < 1.29 is 9.69 Å². The Morgan fingerprint density at radius 1 is 1.14 bits per heavy atom. The van der Waals surface area contributed by atoms with Gasteiger partial charge >= 0.3 is 0 Å². The Hall–Kier alpha value is -0.480. The van der Waals surface area contributed by atoms with E-state index in [2.05, 4.69) is 5.32 Å². The number of alkyl halides is 3. The number of likely N-dealkylation sites (tertiary alicyclic amines) is 1. The van der Waals surface area contributed by atoms with E-state index in [-0.39, 0.29) is 5.91 Å². The van der Waals surface area contributed by atoms with Crippen LogP contribution in [0, 0.1) is 0 Å². The van der Waals surface area contributed by atoms with Gasteiger partial charge in [-0.05, 0) is 24.8 Å². The summed E-state index contributed by atoms with van der Waals surface area (Å²) in [6.07, 6.45) is 3.20. The van der Waals surface area contributed by atoms with E-state index in [1.807, 2.05) is 30.3 Å². The van der Waals surface area contributed by atoms with Gasteiger partial charge in [-0.15, -0.1) is 0 Å². The second-order valence-corrected chi connectivity index (χ2v) is 7.79. The van der Waals surface area contributed by atoms with Crippen molar-refractivity contribution >= 4 is 40.7 Å². The Balaban J connectivity index is 1.99. The number of amides is 1. The molecule has 0 saturated carbocycles. The van der Waals surface area contributed by atoms with Crippen LogP contribution in [-0.4, -0.2) is 29.0 Å². The van der Waals surface area contributed by atoms with E-state index in [0.717, 1.165) is 36.4 Å². The highest BCUT2D eigenvalue weighted by molar-refractivity contribution is 6.68. The van der Waals surface area contributed by atoms with E-state index in [4.69, 9.17) is 34.8 Å². The van der Waals surface area contributed by atoms with Gasteiger partial charge in [0.1, 0.15) is 0 Å². The first-order valence-electron chi connectivity index (χ1n) is 7.21. The van der Waals surface area contributed by atoms with Gasteiger partial charge in [-0.3, -0.25) is 4.79 Å². The molecule has 116 valence electrons. The van der Waals surface area contributed by atoms with Gasteiger partial charge in [0.15, 0.2) is 0 Å². The second-order valence-electron chi connectivity index (χ2n) is 5.42. The van der Waals surface area contributed by atoms with Crippen molar-refractivity contribution in [2.45, 2.75) is 35.6 Å². The van der Waals surface area contributed by atoms with E-state index in [0.29, 0.717) is 6.42 Å². The number of quaternary nitrogens is 1. The fourth-order valence-electron chi connectivity index (χ4n) is 2.70. The first-order valence-corrected chi connectivity index (χ1v) is 8.35. The third-order valence-corrected chi connectivity index (χ3v) is 4.40. The second kappa shape index (κ2) is 7.68. The summed E-state index contributed by atoms with van der Waals surface area (Å²) in [6.45, 7) is 1.84. The molecule has 0 unspecified atom stereocenters. The number of nitrogens with one attached hydrogen (secondary N) is 2. The number of carbonyl (C=O) groups excluding carboxylic acids is 1. The fourth-order valence-corrected chi connectivity index (χ4v) is 3.33. The molecule has 0 spiro atoms. The van der Waals surface area contributed by atoms with E-state index < -0.39 is 9.96 Å². The molecule has 0 aromatic heterocycles. The van der Waals surface area contributed by atoms with Gasteiger partial charge in [-0.2, -0.15) is 0 Å². The highest BCUT2D eigenvalue weighted by atomic mass is 35.6. The van der Waals surface area contributed by atoms with E-state index >= 15 is 0 Å². The van der Waals surface area contributed by atoms with Crippen LogP contribution in [0.3, 0.4) is 0 Å². The van der Waals surface area contributed by atoms with Crippen molar-refractivity contribution in [1.82, 2.24) is 5.32 Å². The van der Waals surface area contributed by atoms with Gasteiger partial charge < -0.3 is 10.2 Å². The van der Waals surface area contributed by atoms with Crippen LogP contribution in [0.1, 0.15) is 24.8 Å². The summed E-state index contributed by atoms with van der Waals surface area (Å²) >= 11 is 18.2. The molecule has 2 N–H and O–H groups in total. The van der Waals surface area contributed by atoms with Crippen molar-refractivity contribution in [3.63, 3.8) is 0 Å². The molecular weight excluding hydrogens is 331 g/mol. The molecule has 21 heavy (non-hydrogen) atoms. The minimum atomic E-state index is -1.50. The lowest BCUT2D eigenvalue weighted by molar-refractivity contribution is -0.931. The first-order chi connectivity index (χ1) is 9.97. The third-order valence-electron chi connectivity index (χ3n) is 3.74. The highest BCUT2D eigenvalue weighted by Crippen LogP contribution is 2.28. The molecule has 1 amide bonds. The Kier molecular flexibility index (Phi) is 6.18. The smallest absolute Gasteiger partial charge is 0.262 e. The molecule has 0 radical (unpaired) electrons. The average molecular weight is 351 g/mol. The highest BCUT2D eigenvalue weighted by Gasteiger charge is 2.42. The predicted octanol–water partition coefficient (Wildman–Crippen LogP) is 2.11. The molecule has 0 aliphatic carbocycles. The zero-order chi connectivity index (χ0) is 15.3. The van der Waals surface area contributed by atoms with Crippen LogP contribution in [0.2, 0.25) is 0 Å². The first kappa shape index (κ1) is 16.9. The number of carbonyl (C=O) groups is 1. The molecule has 1 aromatic carbocycles. The van der Waals surface area contributed by atoms with E-state index in [1.165, 1.54) is 6.42 Å². The van der Waals surface area contributed by atoms with Crippen molar-refractivity contribution in [3.05, 3.63) is 35.9 Å². The van der Waals surface area contributed by atoms with E-state index in [1.54, 1.807) is 0 Å². The van der Waals surface area contributed by atoms with Crippen molar-refractivity contribution in [2.75, 3.05) is 13.1 Å². The van der Waals surface area contributed by atoms with Crippen LogP contribution in [0.25, 0.3) is 0 Å². The van der Waals surface area contributed by atoms with Gasteiger partial charge in [-0.25, -0.2) is 0 Å². The standard InChI is InChI=1S/C15H19Cl3N2O/c16-15(17,18)14(20-9-5-2-6-10-20)19-13(21)11-12-7-3-1-4-8-12/h1,3-4,7-8,14H,2,5-6,9-11H2,(H,19,21)/p+1/t14-/m0/s1. The number of rotatable bonds is 4. The molecule has 6 heteroatoms. The molecule has 1 atom stereocenters. The maximum atomic E-state index is 12.2. The van der Waals surface area contributed by atoms with Crippen LogP contribution >= 0.6 is 34.8 Å². The van der Waals surface area contributed by atoms with Crippen LogP contribution in [0.15, 0.2) is 30.3 Å². The lowest BCUT2D eigenvalue weighted by Gasteiger charge is -2.35. The number of hydrogen-bond donors (Lipinski definition) is 2. The molecular formula is C15H20Cl3N2O+. The number of benzene rings is 1. The average Bonchev–Trinajstić information content (AvgIpc) is 2.45. The van der Waals surface area contributed by atoms with Gasteiger partial charge in [0, 0.05) is 0 Å². The van der Waals surface area contributed by atoms with Gasteiger partial charge in [0.2, 0.25) is 12.1 Å². The molecule has 0 bridgehead atoms. The van der Waals surface area contributed by atoms with Crippen LogP contribution in [0.4, 0.5) is 0 Å². The van der Waals surface area contributed by atoms with Crippen molar-refractivity contribution in [1.29, 1.82) is 0 Å². The maximum Gasteiger partial charge on any atom is 0.262 e. The van der Waals surface area contributed by atoms with Gasteiger partial charge in [0.25, 0.3) is 3.79 Å². The van der Waals surface area contributed by atoms with Crippen molar-refractivity contribution in [3.8, 4) is 0 Å². The molecule has 1 saturated heterocycles. The number of halogens is 3. The quantitative estimate of drug-likeness (QED) is 0.801. The Morgan fingerprint density at radius 2 is 1.76 bits per heavy atom. The lowest BCUT2D eigenvalue weighted by Crippen LogP contribution is -3.20. The topological polar surface area (TPSA) is 33.5 Å². The summed E-state index contributed by atoms with van der Waals surface area (Å²) in [5.74, 6) is -0.115. The predicted molar refractivity (Wildman–Crippen MR) is 86.9 cm³/mol. The summed E-state index contributed by atoms with van der Waals surface area (Å²) in [4.78, 5) is 13.4. The molecule has 1 aliphatic rings. The number of hydrogen-bond acceptors (Lipinski definition) is 1. The molecule has 3 nitrogen and oxygen atoms in total. The molecule has 1 aliphatic heterocycles. The zero-order valence-electron chi connectivity index (χ0n) is 11.7. The normalized spacial score (nSPS) is 18.2. The monoisotopic (exact) mass is 349 g/mol. The lowest BCUT2D eigenvalue weighted by atomic mass is 10.1. The molecule has 2 rings (SSSR count). The summed E-state index contributed by atoms with van der Waals surface area (Å²) in [7, 11) is 0. The minimum Gasteiger partial charge on any atom is -0.312 e. The molecule has 1 aromatic rings. The summed E-state index contributed by atoms with van der Waals surface area (Å²) < 4.78 is -1.50. The third kappa shape index (κ3) is 5.33.